The number of aromatic nitrogens is 4. The quantitative estimate of drug-likeness (QED) is 0.442. The van der Waals surface area contributed by atoms with Gasteiger partial charge in [-0.25, -0.2) is 0 Å². The first-order chi connectivity index (χ1) is 15.1. The van der Waals surface area contributed by atoms with Gasteiger partial charge in [0.25, 0.3) is 0 Å². The molecule has 158 valence electrons. The minimum atomic E-state index is 0.0233. The number of fused-ring (bicyclic) bond motifs is 1. The van der Waals surface area contributed by atoms with Gasteiger partial charge < -0.3 is 5.32 Å². The second-order valence-electron chi connectivity index (χ2n) is 7.84. The Balaban J connectivity index is 1.35. The molecule has 31 heavy (non-hydrogen) atoms. The smallest absolute Gasteiger partial charge is 0.220 e. The molecule has 0 radical (unpaired) electrons. The van der Waals surface area contributed by atoms with Crippen LogP contribution in [0.4, 0.5) is 0 Å². The maximum Gasteiger partial charge on any atom is 0.220 e. The number of nitrogens with zero attached hydrogens (tertiary/aromatic N) is 4. The molecule has 0 aliphatic carbocycles. The van der Waals surface area contributed by atoms with Crippen LogP contribution in [0.15, 0.2) is 60.7 Å². The Hall–Kier alpha value is -3.54. The minimum absolute atomic E-state index is 0.0233. The van der Waals surface area contributed by atoms with Crippen LogP contribution >= 0.6 is 0 Å². The van der Waals surface area contributed by atoms with Crippen LogP contribution in [0.3, 0.4) is 0 Å². The Bertz CT molecular complexity index is 1180. The van der Waals surface area contributed by atoms with E-state index in [4.69, 9.17) is 5.10 Å². The normalized spacial score (nSPS) is 11.0. The number of rotatable bonds is 8. The number of aryl methyl sites for hydroxylation is 4. The lowest BCUT2D eigenvalue weighted by atomic mass is 10.0. The molecule has 0 atom stereocenters. The highest BCUT2D eigenvalue weighted by molar-refractivity contribution is 5.76. The topological polar surface area (TPSA) is 72.2 Å². The molecule has 0 spiro atoms. The molecule has 0 aliphatic rings. The summed E-state index contributed by atoms with van der Waals surface area (Å²) in [5.74, 6) is 0.718. The maximum absolute atomic E-state index is 12.3. The number of amides is 1. The van der Waals surface area contributed by atoms with E-state index >= 15 is 0 Å². The average molecular weight is 414 g/mol. The molecular weight excluding hydrogens is 386 g/mol. The summed E-state index contributed by atoms with van der Waals surface area (Å²) in [7, 11) is 0. The molecule has 2 aromatic heterocycles. The standard InChI is InChI=1S/C25H27N5O/c1-18-10-11-21(17-19(18)2)22-12-13-23-27-28-24(30(23)29-22)14-15-25(31)26-16-6-9-20-7-4-3-5-8-20/h3-5,7-8,10-13,17H,6,9,14-16H2,1-2H3,(H,26,31). The van der Waals surface area contributed by atoms with E-state index < -0.39 is 0 Å². The Morgan fingerprint density at radius 1 is 0.935 bits per heavy atom. The van der Waals surface area contributed by atoms with Crippen LogP contribution in [-0.4, -0.2) is 32.3 Å². The molecule has 6 nitrogen and oxygen atoms in total. The summed E-state index contributed by atoms with van der Waals surface area (Å²) in [5, 5.41) is 16.1. The van der Waals surface area contributed by atoms with Crippen LogP contribution in [0, 0.1) is 13.8 Å². The number of benzene rings is 2. The summed E-state index contributed by atoms with van der Waals surface area (Å²) >= 11 is 0. The summed E-state index contributed by atoms with van der Waals surface area (Å²) in [6.45, 7) is 4.86. The predicted octanol–water partition coefficient (Wildman–Crippen LogP) is 4.09. The predicted molar refractivity (Wildman–Crippen MR) is 122 cm³/mol. The molecule has 1 N–H and O–H groups in total. The van der Waals surface area contributed by atoms with Gasteiger partial charge in [-0.15, -0.1) is 10.2 Å². The summed E-state index contributed by atoms with van der Waals surface area (Å²) < 4.78 is 1.74. The molecule has 0 saturated carbocycles. The fraction of sp³-hybridized carbons (Fsp3) is 0.280. The van der Waals surface area contributed by atoms with Crippen molar-refractivity contribution in [2.24, 2.45) is 0 Å². The fourth-order valence-electron chi connectivity index (χ4n) is 3.52. The van der Waals surface area contributed by atoms with Gasteiger partial charge in [0.2, 0.25) is 5.91 Å². The molecule has 0 fully saturated rings. The lowest BCUT2D eigenvalue weighted by Gasteiger charge is -2.07. The number of nitrogens with one attached hydrogen (secondary N) is 1. The van der Waals surface area contributed by atoms with E-state index in [0.29, 0.717) is 30.9 Å². The number of hydrogen-bond acceptors (Lipinski definition) is 4. The average Bonchev–Trinajstić information content (AvgIpc) is 3.20. The highest BCUT2D eigenvalue weighted by atomic mass is 16.1. The van der Waals surface area contributed by atoms with Crippen LogP contribution < -0.4 is 5.32 Å². The summed E-state index contributed by atoms with van der Waals surface area (Å²) in [6.07, 6.45) is 2.74. The molecule has 0 unspecified atom stereocenters. The Kier molecular flexibility index (Phi) is 6.36. The number of hydrogen-bond donors (Lipinski definition) is 1. The van der Waals surface area contributed by atoms with Crippen molar-refractivity contribution in [1.29, 1.82) is 0 Å². The van der Waals surface area contributed by atoms with Gasteiger partial charge in [0.1, 0.15) is 0 Å². The van der Waals surface area contributed by atoms with Gasteiger partial charge in [-0.2, -0.15) is 9.61 Å². The SMILES string of the molecule is Cc1ccc(-c2ccc3nnc(CCC(=O)NCCCc4ccccc4)n3n2)cc1C. The van der Waals surface area contributed by atoms with Crippen LogP contribution in [0.25, 0.3) is 16.9 Å². The van der Waals surface area contributed by atoms with E-state index in [1.807, 2.05) is 30.3 Å². The first-order valence-corrected chi connectivity index (χ1v) is 10.7. The van der Waals surface area contributed by atoms with Crippen molar-refractivity contribution < 1.29 is 4.79 Å². The third-order valence-corrected chi connectivity index (χ3v) is 5.51. The largest absolute Gasteiger partial charge is 0.356 e. The summed E-state index contributed by atoms with van der Waals surface area (Å²) in [5.41, 5.74) is 6.38. The molecule has 2 heterocycles. The summed E-state index contributed by atoms with van der Waals surface area (Å²) in [6, 6.07) is 20.5. The Morgan fingerprint density at radius 2 is 1.77 bits per heavy atom. The molecule has 0 bridgehead atoms. The Labute approximate surface area is 182 Å². The van der Waals surface area contributed by atoms with Crippen LogP contribution in [0.1, 0.15) is 35.4 Å². The molecule has 4 rings (SSSR count). The second-order valence-corrected chi connectivity index (χ2v) is 7.84. The third-order valence-electron chi connectivity index (χ3n) is 5.51. The van der Waals surface area contributed by atoms with Gasteiger partial charge in [0, 0.05) is 24.9 Å². The fourth-order valence-corrected chi connectivity index (χ4v) is 3.52. The molecule has 4 aromatic rings. The zero-order chi connectivity index (χ0) is 21.6. The van der Waals surface area contributed by atoms with Crippen molar-refractivity contribution in [2.45, 2.75) is 39.5 Å². The maximum atomic E-state index is 12.3. The van der Waals surface area contributed by atoms with Gasteiger partial charge in [-0.05, 0) is 61.6 Å². The molecule has 1 amide bonds. The van der Waals surface area contributed by atoms with Gasteiger partial charge in [-0.1, -0.05) is 42.5 Å². The van der Waals surface area contributed by atoms with E-state index in [0.717, 1.165) is 24.1 Å². The van der Waals surface area contributed by atoms with Crippen molar-refractivity contribution in [3.63, 3.8) is 0 Å². The molecule has 0 saturated heterocycles. The van der Waals surface area contributed by atoms with Gasteiger partial charge in [0.05, 0.1) is 5.69 Å². The zero-order valence-electron chi connectivity index (χ0n) is 18.0. The molecule has 2 aromatic carbocycles. The van der Waals surface area contributed by atoms with Crippen LogP contribution in [0.5, 0.6) is 0 Å². The highest BCUT2D eigenvalue weighted by Gasteiger charge is 2.11. The lowest BCUT2D eigenvalue weighted by Crippen LogP contribution is -2.25. The van der Waals surface area contributed by atoms with Crippen molar-refractivity contribution >= 4 is 11.6 Å². The third kappa shape index (κ3) is 5.15. The second kappa shape index (κ2) is 9.51. The zero-order valence-corrected chi connectivity index (χ0v) is 18.0. The van der Waals surface area contributed by atoms with Gasteiger partial charge >= 0.3 is 0 Å². The molecular formula is C25H27N5O. The molecule has 0 aliphatic heterocycles. The van der Waals surface area contributed by atoms with E-state index in [1.54, 1.807) is 4.52 Å². The first kappa shape index (κ1) is 20.7. The van der Waals surface area contributed by atoms with Gasteiger partial charge in [-0.3, -0.25) is 4.79 Å². The number of carbonyl (C=O) groups excluding carboxylic acids is 1. The lowest BCUT2D eigenvalue weighted by molar-refractivity contribution is -0.121. The highest BCUT2D eigenvalue weighted by Crippen LogP contribution is 2.20. The monoisotopic (exact) mass is 413 g/mol. The van der Waals surface area contributed by atoms with E-state index in [-0.39, 0.29) is 5.91 Å². The Morgan fingerprint density at radius 3 is 2.58 bits per heavy atom. The molecule has 6 heteroatoms. The van der Waals surface area contributed by atoms with Gasteiger partial charge in [0.15, 0.2) is 11.5 Å². The van der Waals surface area contributed by atoms with Crippen molar-refractivity contribution in [3.8, 4) is 11.3 Å². The number of carbonyl (C=O) groups is 1. The van der Waals surface area contributed by atoms with E-state index in [1.165, 1.54) is 16.7 Å². The first-order valence-electron chi connectivity index (χ1n) is 10.7. The van der Waals surface area contributed by atoms with Crippen LogP contribution in [-0.2, 0) is 17.6 Å². The van der Waals surface area contributed by atoms with Crippen molar-refractivity contribution in [3.05, 3.63) is 83.2 Å². The van der Waals surface area contributed by atoms with E-state index in [9.17, 15) is 4.79 Å². The van der Waals surface area contributed by atoms with Crippen molar-refractivity contribution in [2.75, 3.05) is 6.54 Å². The minimum Gasteiger partial charge on any atom is -0.356 e. The summed E-state index contributed by atoms with van der Waals surface area (Å²) in [4.78, 5) is 12.3. The van der Waals surface area contributed by atoms with Crippen molar-refractivity contribution in [1.82, 2.24) is 25.1 Å². The van der Waals surface area contributed by atoms with E-state index in [2.05, 4.69) is 59.7 Å². The van der Waals surface area contributed by atoms with Crippen LogP contribution in [0.2, 0.25) is 0 Å².